The van der Waals surface area contributed by atoms with Crippen LogP contribution in [0.5, 0.6) is 5.88 Å². The van der Waals surface area contributed by atoms with Gasteiger partial charge in [0.05, 0.1) is 4.92 Å². The Hall–Kier alpha value is -2.11. The van der Waals surface area contributed by atoms with E-state index in [9.17, 15) is 31.7 Å². The molecular formula is C11H14F3N3O5S. The lowest BCUT2D eigenvalue weighted by atomic mass is 10.2. The van der Waals surface area contributed by atoms with Gasteiger partial charge in [-0.2, -0.15) is 21.6 Å². The zero-order chi connectivity index (χ0) is 17.8. The minimum atomic E-state index is -6.06. The van der Waals surface area contributed by atoms with Crippen molar-refractivity contribution in [2.75, 3.05) is 11.9 Å². The molecule has 0 atom stereocenters. The van der Waals surface area contributed by atoms with Gasteiger partial charge in [-0.15, -0.1) is 0 Å². The van der Waals surface area contributed by atoms with Crippen LogP contribution in [0.3, 0.4) is 0 Å². The molecule has 0 fully saturated rings. The minimum Gasteiger partial charge on any atom is -0.379 e. The fourth-order valence-electron chi connectivity index (χ4n) is 1.56. The maximum Gasteiger partial charge on any atom is 0.534 e. The van der Waals surface area contributed by atoms with Gasteiger partial charge < -0.3 is 9.50 Å². The number of hydrogen-bond acceptors (Lipinski definition) is 7. The standard InChI is InChI=1S/C11H14F3N3O5S/c1-3-4-5-15-8-6-7(2)16-10(9(8)17(18)19)22-23(20,21)11(12,13)14/h6H,3-5H2,1-2H3,(H,15,16). The summed E-state index contributed by atoms with van der Waals surface area (Å²) in [5.74, 6) is -1.23. The van der Waals surface area contributed by atoms with E-state index >= 15 is 0 Å². The van der Waals surface area contributed by atoms with Crippen LogP contribution in [0.25, 0.3) is 0 Å². The summed E-state index contributed by atoms with van der Waals surface area (Å²) in [5.41, 5.74) is -6.80. The second-order valence-corrected chi connectivity index (χ2v) is 6.02. The molecule has 1 rings (SSSR count). The van der Waals surface area contributed by atoms with Crippen molar-refractivity contribution in [2.24, 2.45) is 0 Å². The van der Waals surface area contributed by atoms with Gasteiger partial charge in [0.25, 0.3) is 0 Å². The van der Waals surface area contributed by atoms with Gasteiger partial charge in [-0.25, -0.2) is 4.98 Å². The predicted octanol–water partition coefficient (Wildman–Crippen LogP) is 2.74. The van der Waals surface area contributed by atoms with Crippen molar-refractivity contribution in [2.45, 2.75) is 32.2 Å². The molecule has 0 saturated carbocycles. The summed E-state index contributed by atoms with van der Waals surface area (Å²) in [6, 6.07) is 1.22. The molecule has 1 aromatic rings. The van der Waals surface area contributed by atoms with Gasteiger partial charge in [0, 0.05) is 12.2 Å². The van der Waals surface area contributed by atoms with E-state index in [0.717, 1.165) is 6.42 Å². The van der Waals surface area contributed by atoms with Crippen molar-refractivity contribution in [3.05, 3.63) is 21.9 Å². The molecule has 1 N–H and O–H groups in total. The quantitative estimate of drug-likeness (QED) is 0.262. The Labute approximate surface area is 129 Å². The lowest BCUT2D eigenvalue weighted by molar-refractivity contribution is -0.384. The summed E-state index contributed by atoms with van der Waals surface area (Å²) in [6.45, 7) is 3.52. The van der Waals surface area contributed by atoms with Crippen molar-refractivity contribution in [1.29, 1.82) is 0 Å². The molecule has 8 nitrogen and oxygen atoms in total. The van der Waals surface area contributed by atoms with Gasteiger partial charge in [0.1, 0.15) is 5.69 Å². The summed E-state index contributed by atoms with van der Waals surface area (Å²) in [5, 5.41) is 13.8. The number of hydrogen-bond donors (Lipinski definition) is 1. The van der Waals surface area contributed by atoms with E-state index < -0.39 is 32.1 Å². The van der Waals surface area contributed by atoms with Crippen molar-refractivity contribution < 1.29 is 30.7 Å². The maximum absolute atomic E-state index is 12.4. The molecule has 0 spiro atoms. The van der Waals surface area contributed by atoms with Crippen molar-refractivity contribution in [3.8, 4) is 5.88 Å². The molecule has 0 aliphatic heterocycles. The first-order valence-electron chi connectivity index (χ1n) is 6.40. The zero-order valence-corrected chi connectivity index (χ0v) is 13.0. The summed E-state index contributed by atoms with van der Waals surface area (Å²) < 4.78 is 63.1. The van der Waals surface area contributed by atoms with E-state index in [2.05, 4.69) is 14.5 Å². The SMILES string of the molecule is CCCCNc1cc(C)nc(OS(=O)(=O)C(F)(F)F)c1[N+](=O)[O-]. The maximum atomic E-state index is 12.4. The Morgan fingerprint density at radius 2 is 2.04 bits per heavy atom. The number of rotatable bonds is 7. The summed E-state index contributed by atoms with van der Waals surface area (Å²) in [4.78, 5) is 13.4. The van der Waals surface area contributed by atoms with Crippen LogP contribution in [0.2, 0.25) is 0 Å². The van der Waals surface area contributed by atoms with Gasteiger partial charge in [0.2, 0.25) is 0 Å². The Morgan fingerprint density at radius 3 is 2.52 bits per heavy atom. The van der Waals surface area contributed by atoms with Crippen LogP contribution in [0, 0.1) is 17.0 Å². The summed E-state index contributed by atoms with van der Waals surface area (Å²) in [6.07, 6.45) is 1.42. The number of anilines is 1. The first-order valence-corrected chi connectivity index (χ1v) is 7.81. The lowest BCUT2D eigenvalue weighted by Gasteiger charge is -2.12. The van der Waals surface area contributed by atoms with Crippen LogP contribution in [-0.2, 0) is 10.1 Å². The van der Waals surface area contributed by atoms with E-state index in [1.54, 1.807) is 0 Å². The highest BCUT2D eigenvalue weighted by Crippen LogP contribution is 2.37. The van der Waals surface area contributed by atoms with Crippen LogP contribution in [0.1, 0.15) is 25.5 Å². The molecule has 0 bridgehead atoms. The Bertz CT molecular complexity index is 691. The molecule has 0 radical (unpaired) electrons. The second kappa shape index (κ2) is 6.98. The van der Waals surface area contributed by atoms with Gasteiger partial charge in [-0.05, 0) is 19.4 Å². The average molecular weight is 357 g/mol. The highest BCUT2D eigenvalue weighted by molar-refractivity contribution is 7.88. The number of pyridine rings is 1. The van der Waals surface area contributed by atoms with Crippen LogP contribution in [-0.4, -0.2) is 30.4 Å². The third-order valence-electron chi connectivity index (χ3n) is 2.59. The zero-order valence-electron chi connectivity index (χ0n) is 12.2. The summed E-state index contributed by atoms with van der Waals surface area (Å²) >= 11 is 0. The van der Waals surface area contributed by atoms with Crippen molar-refractivity contribution in [3.63, 3.8) is 0 Å². The molecule has 130 valence electrons. The minimum absolute atomic E-state index is 0.0574. The van der Waals surface area contributed by atoms with Crippen LogP contribution >= 0.6 is 0 Å². The van der Waals surface area contributed by atoms with E-state index in [4.69, 9.17) is 0 Å². The first-order chi connectivity index (χ1) is 10.5. The van der Waals surface area contributed by atoms with Gasteiger partial charge >= 0.3 is 27.2 Å². The predicted molar refractivity (Wildman–Crippen MR) is 74.6 cm³/mol. The number of alkyl halides is 3. The highest BCUT2D eigenvalue weighted by Gasteiger charge is 2.50. The van der Waals surface area contributed by atoms with Crippen LogP contribution < -0.4 is 9.50 Å². The molecule has 0 aliphatic rings. The molecule has 0 aliphatic carbocycles. The number of halogens is 3. The molecule has 12 heteroatoms. The fourth-order valence-corrected chi connectivity index (χ4v) is 1.98. The molecule has 0 amide bonds. The normalized spacial score (nSPS) is 12.0. The van der Waals surface area contributed by atoms with E-state index in [1.165, 1.54) is 13.0 Å². The topological polar surface area (TPSA) is 111 Å². The monoisotopic (exact) mass is 357 g/mol. The summed E-state index contributed by atoms with van der Waals surface area (Å²) in [7, 11) is -6.06. The third kappa shape index (κ3) is 4.68. The number of aromatic nitrogens is 1. The number of unbranched alkanes of at least 4 members (excludes halogenated alkanes) is 1. The Morgan fingerprint density at radius 1 is 1.43 bits per heavy atom. The smallest absolute Gasteiger partial charge is 0.379 e. The molecular weight excluding hydrogens is 343 g/mol. The molecule has 23 heavy (non-hydrogen) atoms. The Balaban J connectivity index is 3.34. The number of nitrogens with zero attached hydrogens (tertiary/aromatic N) is 2. The van der Waals surface area contributed by atoms with Gasteiger partial charge in [0.15, 0.2) is 0 Å². The molecule has 0 aromatic carbocycles. The van der Waals surface area contributed by atoms with Gasteiger partial charge in [-0.3, -0.25) is 10.1 Å². The van der Waals surface area contributed by atoms with Crippen molar-refractivity contribution in [1.82, 2.24) is 4.98 Å². The van der Waals surface area contributed by atoms with Crippen LogP contribution in [0.4, 0.5) is 24.5 Å². The molecule has 0 saturated heterocycles. The first kappa shape index (κ1) is 18.9. The lowest BCUT2D eigenvalue weighted by Crippen LogP contribution is -2.28. The second-order valence-electron chi connectivity index (χ2n) is 4.49. The molecule has 0 unspecified atom stereocenters. The number of nitrogens with one attached hydrogen (secondary N) is 1. The molecule has 1 heterocycles. The van der Waals surface area contributed by atoms with E-state index in [-0.39, 0.29) is 11.4 Å². The molecule has 1 aromatic heterocycles. The number of nitro groups is 1. The Kier molecular flexibility index (Phi) is 5.75. The third-order valence-corrected chi connectivity index (χ3v) is 3.53. The van der Waals surface area contributed by atoms with Crippen molar-refractivity contribution >= 4 is 21.5 Å². The largest absolute Gasteiger partial charge is 0.534 e. The van der Waals surface area contributed by atoms with Crippen LogP contribution in [0.15, 0.2) is 6.07 Å². The fraction of sp³-hybridized carbons (Fsp3) is 0.545. The highest BCUT2D eigenvalue weighted by atomic mass is 32.2. The number of aryl methyl sites for hydroxylation is 1. The average Bonchev–Trinajstić information content (AvgIpc) is 2.36. The van der Waals surface area contributed by atoms with E-state index in [0.29, 0.717) is 13.0 Å². The van der Waals surface area contributed by atoms with E-state index in [1.807, 2.05) is 6.92 Å². The van der Waals surface area contributed by atoms with Gasteiger partial charge in [-0.1, -0.05) is 13.3 Å².